The largest absolute Gasteiger partial charge is 0.358 e. The second kappa shape index (κ2) is 8.58. The molecule has 1 atom stereocenters. The predicted octanol–water partition coefficient (Wildman–Crippen LogP) is 5.62. The van der Waals surface area contributed by atoms with Gasteiger partial charge in [-0.05, 0) is 49.6 Å². The Labute approximate surface area is 193 Å². The van der Waals surface area contributed by atoms with Gasteiger partial charge >= 0.3 is 0 Å². The van der Waals surface area contributed by atoms with E-state index in [9.17, 15) is 4.79 Å². The first kappa shape index (κ1) is 21.0. The van der Waals surface area contributed by atoms with Crippen molar-refractivity contribution >= 4 is 45.4 Å². The Kier molecular flexibility index (Phi) is 5.46. The molecule has 3 heterocycles. The van der Waals surface area contributed by atoms with Crippen molar-refractivity contribution in [1.29, 1.82) is 0 Å². The van der Waals surface area contributed by atoms with Crippen LogP contribution < -0.4 is 15.1 Å². The van der Waals surface area contributed by atoms with Crippen molar-refractivity contribution in [2.45, 2.75) is 33.2 Å². The van der Waals surface area contributed by atoms with Crippen LogP contribution in [-0.2, 0) is 4.79 Å². The minimum Gasteiger partial charge on any atom is -0.358 e. The number of hydrogen-bond donors (Lipinski definition) is 2. The molecule has 2 aromatic carbocycles. The lowest BCUT2D eigenvalue weighted by Crippen LogP contribution is -2.51. The van der Waals surface area contributed by atoms with Gasteiger partial charge in [-0.3, -0.25) is 14.8 Å². The zero-order valence-electron chi connectivity index (χ0n) is 19.1. The Balaban J connectivity index is 1.55. The van der Waals surface area contributed by atoms with Crippen LogP contribution in [0.1, 0.15) is 27.2 Å². The second-order valence-electron chi connectivity index (χ2n) is 8.92. The molecule has 0 spiro atoms. The average Bonchev–Trinajstić information content (AvgIpc) is 3.28. The lowest BCUT2D eigenvalue weighted by Gasteiger charge is -2.42. The first-order valence-corrected chi connectivity index (χ1v) is 11.4. The van der Waals surface area contributed by atoms with Gasteiger partial charge in [-0.15, -0.1) is 0 Å². The molecule has 0 saturated heterocycles. The summed E-state index contributed by atoms with van der Waals surface area (Å²) in [7, 11) is 0. The zero-order valence-corrected chi connectivity index (χ0v) is 19.1. The highest BCUT2D eigenvalue weighted by atomic mass is 16.2. The summed E-state index contributed by atoms with van der Waals surface area (Å²) >= 11 is 0. The van der Waals surface area contributed by atoms with Gasteiger partial charge in [0, 0.05) is 29.4 Å². The van der Waals surface area contributed by atoms with Gasteiger partial charge in [0.2, 0.25) is 0 Å². The van der Waals surface area contributed by atoms with Crippen molar-refractivity contribution in [3.63, 3.8) is 0 Å². The summed E-state index contributed by atoms with van der Waals surface area (Å²) in [6.07, 6.45) is 4.61. The summed E-state index contributed by atoms with van der Waals surface area (Å²) in [5, 5.41) is 11.5. The third-order valence-electron chi connectivity index (χ3n) is 6.13. The van der Waals surface area contributed by atoms with Crippen molar-refractivity contribution in [2.75, 3.05) is 21.7 Å². The fourth-order valence-electron chi connectivity index (χ4n) is 4.28. The quantitative estimate of drug-likeness (QED) is 0.407. The molecule has 7 heteroatoms. The molecule has 168 valence electrons. The monoisotopic (exact) mass is 440 g/mol. The Bertz CT molecular complexity index is 1280. The van der Waals surface area contributed by atoms with E-state index in [1.54, 1.807) is 17.3 Å². The normalized spacial score (nSPS) is 15.9. The van der Waals surface area contributed by atoms with Crippen molar-refractivity contribution in [3.8, 4) is 0 Å². The van der Waals surface area contributed by atoms with Crippen LogP contribution in [0.5, 0.6) is 0 Å². The molecule has 0 saturated carbocycles. The van der Waals surface area contributed by atoms with E-state index in [1.807, 2.05) is 61.5 Å². The molecule has 0 bridgehead atoms. The Hall–Kier alpha value is -3.87. The molecule has 0 aliphatic carbocycles. The highest BCUT2D eigenvalue weighted by Crippen LogP contribution is 2.41. The predicted molar refractivity (Wildman–Crippen MR) is 133 cm³/mol. The van der Waals surface area contributed by atoms with Gasteiger partial charge in [0.15, 0.2) is 0 Å². The maximum absolute atomic E-state index is 13.5. The number of H-pyrrole nitrogens is 1. The maximum Gasteiger partial charge on any atom is 0.254 e. The molecule has 1 unspecified atom stereocenters. The lowest BCUT2D eigenvalue weighted by molar-refractivity contribution is -0.119. The van der Waals surface area contributed by atoms with Gasteiger partial charge in [-0.25, -0.2) is 4.98 Å². The van der Waals surface area contributed by atoms with Gasteiger partial charge in [-0.2, -0.15) is 5.10 Å². The summed E-state index contributed by atoms with van der Waals surface area (Å²) in [5.41, 5.74) is 4.60. The Morgan fingerprint density at radius 2 is 1.88 bits per heavy atom. The van der Waals surface area contributed by atoms with Crippen LogP contribution in [0.4, 0.5) is 28.6 Å². The van der Waals surface area contributed by atoms with Gasteiger partial charge in [-0.1, -0.05) is 32.0 Å². The second-order valence-corrected chi connectivity index (χ2v) is 8.92. The average molecular weight is 441 g/mol. The van der Waals surface area contributed by atoms with Crippen LogP contribution in [0.15, 0.2) is 67.0 Å². The molecule has 1 amide bonds. The molecular weight excluding hydrogens is 412 g/mol. The molecule has 5 rings (SSSR count). The minimum atomic E-state index is -0.269. The van der Waals surface area contributed by atoms with E-state index in [1.165, 1.54) is 0 Å². The summed E-state index contributed by atoms with van der Waals surface area (Å²) in [6, 6.07) is 17.6. The highest BCUT2D eigenvalue weighted by molar-refractivity contribution is 6.10. The molecule has 2 N–H and O–H groups in total. The number of rotatable bonds is 6. The summed E-state index contributed by atoms with van der Waals surface area (Å²) in [5.74, 6) is 1.34. The van der Waals surface area contributed by atoms with E-state index in [-0.39, 0.29) is 11.9 Å². The molecule has 4 aromatic rings. The number of amides is 1. The number of aromatic nitrogens is 3. The van der Waals surface area contributed by atoms with Crippen LogP contribution in [0.3, 0.4) is 0 Å². The lowest BCUT2D eigenvalue weighted by atomic mass is 10.0. The topological polar surface area (TPSA) is 77.2 Å². The van der Waals surface area contributed by atoms with Crippen molar-refractivity contribution in [1.82, 2.24) is 15.2 Å². The van der Waals surface area contributed by atoms with Crippen LogP contribution in [0.25, 0.3) is 10.9 Å². The Morgan fingerprint density at radius 1 is 1.06 bits per heavy atom. The number of pyridine rings is 1. The van der Waals surface area contributed by atoms with Crippen LogP contribution in [-0.4, -0.2) is 33.7 Å². The van der Waals surface area contributed by atoms with Crippen molar-refractivity contribution in [3.05, 3.63) is 67.0 Å². The number of carbonyl (C=O) groups is 1. The summed E-state index contributed by atoms with van der Waals surface area (Å²) in [4.78, 5) is 22.1. The van der Waals surface area contributed by atoms with Gasteiger partial charge in [0.05, 0.1) is 29.3 Å². The number of para-hydroxylation sites is 1. The van der Waals surface area contributed by atoms with E-state index in [2.05, 4.69) is 39.2 Å². The molecule has 33 heavy (non-hydrogen) atoms. The summed E-state index contributed by atoms with van der Waals surface area (Å²) in [6.45, 7) is 7.21. The minimum absolute atomic E-state index is 0.0605. The zero-order chi connectivity index (χ0) is 22.9. The third-order valence-corrected chi connectivity index (χ3v) is 6.13. The number of nitrogens with one attached hydrogen (secondary N) is 2. The molecule has 7 nitrogen and oxygen atoms in total. The van der Waals surface area contributed by atoms with E-state index < -0.39 is 0 Å². The number of nitrogens with zero attached hydrogens (tertiary/aromatic N) is 4. The first-order chi connectivity index (χ1) is 16.0. The first-order valence-electron chi connectivity index (χ1n) is 11.4. The van der Waals surface area contributed by atoms with E-state index in [4.69, 9.17) is 0 Å². The van der Waals surface area contributed by atoms with Crippen LogP contribution in [0, 0.1) is 5.92 Å². The van der Waals surface area contributed by atoms with Gasteiger partial charge < -0.3 is 10.2 Å². The smallest absolute Gasteiger partial charge is 0.254 e. The highest BCUT2D eigenvalue weighted by Gasteiger charge is 2.36. The van der Waals surface area contributed by atoms with E-state index in [0.717, 1.165) is 52.4 Å². The van der Waals surface area contributed by atoms with E-state index in [0.29, 0.717) is 5.92 Å². The summed E-state index contributed by atoms with van der Waals surface area (Å²) < 4.78 is 0. The maximum atomic E-state index is 13.5. The van der Waals surface area contributed by atoms with Crippen LogP contribution >= 0.6 is 0 Å². The van der Waals surface area contributed by atoms with Crippen molar-refractivity contribution < 1.29 is 4.79 Å². The van der Waals surface area contributed by atoms with Gasteiger partial charge in [0.1, 0.15) is 11.9 Å². The standard InChI is InChI=1S/C26H28N6O/c1-17(2)11-12-31-18(3)26(33)32(21-7-5-4-6-8-21)24-16-27-25(14-23(24)31)29-20-9-10-22-19(13-20)15-28-30-22/h4-10,13-18H,11-12H2,1-3H3,(H,27,29)(H,28,30). The molecule has 1 aliphatic rings. The number of anilines is 5. The Morgan fingerprint density at radius 3 is 2.67 bits per heavy atom. The molecule has 1 aliphatic heterocycles. The third kappa shape index (κ3) is 4.02. The molecule has 0 fully saturated rings. The fourth-order valence-corrected chi connectivity index (χ4v) is 4.28. The number of aromatic amines is 1. The van der Waals surface area contributed by atoms with E-state index >= 15 is 0 Å². The molecular formula is C26H28N6O. The number of hydrogen-bond acceptors (Lipinski definition) is 5. The van der Waals surface area contributed by atoms with Crippen molar-refractivity contribution in [2.24, 2.45) is 5.92 Å². The molecule has 0 radical (unpaired) electrons. The SMILES string of the molecule is CC(C)CCN1c2cc(Nc3ccc4[nH]ncc4c3)ncc2N(c2ccccc2)C(=O)C1C. The molecule has 2 aromatic heterocycles. The number of fused-ring (bicyclic) bond motifs is 2. The van der Waals surface area contributed by atoms with Gasteiger partial charge in [0.25, 0.3) is 5.91 Å². The van der Waals surface area contributed by atoms with Crippen LogP contribution in [0.2, 0.25) is 0 Å². The fraction of sp³-hybridized carbons (Fsp3) is 0.269. The number of carbonyl (C=O) groups excluding carboxylic acids is 1. The number of benzene rings is 2.